The zero-order valence-corrected chi connectivity index (χ0v) is 19.3. The largest absolute Gasteiger partial charge is 0.445 e. The Bertz CT molecular complexity index is 936. The van der Waals surface area contributed by atoms with E-state index in [4.69, 9.17) is 9.47 Å². The van der Waals surface area contributed by atoms with Gasteiger partial charge < -0.3 is 24.6 Å². The third kappa shape index (κ3) is 7.24. The molecule has 1 saturated heterocycles. The number of rotatable bonds is 5. The second kappa shape index (κ2) is 10.8. The second-order valence-corrected chi connectivity index (χ2v) is 8.84. The molecule has 0 saturated carbocycles. The molecule has 1 aliphatic rings. The number of ether oxygens (including phenoxy) is 2. The molecule has 33 heavy (non-hydrogen) atoms. The molecule has 1 atom stereocenters. The first-order valence-electron chi connectivity index (χ1n) is 11.0. The Hall–Kier alpha value is -3.55. The van der Waals surface area contributed by atoms with Crippen molar-refractivity contribution in [2.75, 3.05) is 26.2 Å². The Morgan fingerprint density at radius 2 is 1.42 bits per heavy atom. The lowest BCUT2D eigenvalue weighted by molar-refractivity contribution is -0.135. The van der Waals surface area contributed by atoms with Gasteiger partial charge in [0.25, 0.3) is 0 Å². The number of hydrogen-bond acceptors (Lipinski definition) is 5. The van der Waals surface area contributed by atoms with Crippen LogP contribution in [0.5, 0.6) is 0 Å². The summed E-state index contributed by atoms with van der Waals surface area (Å²) in [5.74, 6) is -0.248. The number of amides is 3. The first-order valence-corrected chi connectivity index (χ1v) is 11.0. The normalized spacial score (nSPS) is 14.9. The van der Waals surface area contributed by atoms with Crippen LogP contribution >= 0.6 is 0 Å². The van der Waals surface area contributed by atoms with Crippen LogP contribution in [0, 0.1) is 0 Å². The van der Waals surface area contributed by atoms with Crippen molar-refractivity contribution in [3.05, 3.63) is 71.8 Å². The summed E-state index contributed by atoms with van der Waals surface area (Å²) < 4.78 is 10.7. The first-order chi connectivity index (χ1) is 15.7. The highest BCUT2D eigenvalue weighted by Gasteiger charge is 2.32. The lowest BCUT2D eigenvalue weighted by atomic mass is 10.1. The van der Waals surface area contributed by atoms with Crippen molar-refractivity contribution >= 4 is 18.1 Å². The second-order valence-electron chi connectivity index (χ2n) is 8.84. The molecule has 176 valence electrons. The van der Waals surface area contributed by atoms with Crippen molar-refractivity contribution in [2.24, 2.45) is 0 Å². The lowest BCUT2D eigenvalue weighted by Gasteiger charge is -2.37. The first kappa shape index (κ1) is 24.1. The number of carbonyl (C=O) groups excluding carboxylic acids is 3. The van der Waals surface area contributed by atoms with Gasteiger partial charge in [0.2, 0.25) is 5.91 Å². The minimum absolute atomic E-state index is 0.108. The van der Waals surface area contributed by atoms with E-state index < -0.39 is 23.8 Å². The third-order valence-corrected chi connectivity index (χ3v) is 5.10. The van der Waals surface area contributed by atoms with Gasteiger partial charge >= 0.3 is 12.2 Å². The third-order valence-electron chi connectivity index (χ3n) is 5.10. The molecule has 8 heteroatoms. The maximum absolute atomic E-state index is 13.3. The highest BCUT2D eigenvalue weighted by atomic mass is 16.6. The van der Waals surface area contributed by atoms with Gasteiger partial charge in [-0.15, -0.1) is 0 Å². The fraction of sp³-hybridized carbons (Fsp3) is 0.400. The monoisotopic (exact) mass is 453 g/mol. The smallest absolute Gasteiger partial charge is 0.410 e. The molecule has 0 aliphatic carbocycles. The fourth-order valence-corrected chi connectivity index (χ4v) is 3.43. The van der Waals surface area contributed by atoms with Crippen LogP contribution in [0.4, 0.5) is 9.59 Å². The van der Waals surface area contributed by atoms with Crippen molar-refractivity contribution in [3.8, 4) is 0 Å². The summed E-state index contributed by atoms with van der Waals surface area (Å²) in [5, 5.41) is 2.71. The lowest BCUT2D eigenvalue weighted by Crippen LogP contribution is -2.54. The minimum Gasteiger partial charge on any atom is -0.445 e. The predicted octanol–water partition coefficient (Wildman–Crippen LogP) is 3.73. The average Bonchev–Trinajstić information content (AvgIpc) is 2.81. The summed E-state index contributed by atoms with van der Waals surface area (Å²) in [4.78, 5) is 41.4. The molecule has 3 amide bonds. The van der Waals surface area contributed by atoms with Crippen molar-refractivity contribution < 1.29 is 23.9 Å². The van der Waals surface area contributed by atoms with E-state index in [-0.39, 0.29) is 12.5 Å². The molecule has 0 radical (unpaired) electrons. The number of hydrogen-bond donors (Lipinski definition) is 1. The van der Waals surface area contributed by atoms with Gasteiger partial charge in [0, 0.05) is 26.2 Å². The SMILES string of the molecule is CC(C)(C)OC(=O)N1CCN(C(=O)C(NC(=O)OCc2ccccc2)c2ccccc2)CC1. The van der Waals surface area contributed by atoms with Gasteiger partial charge in [-0.1, -0.05) is 60.7 Å². The molecule has 3 rings (SSSR count). The Morgan fingerprint density at radius 3 is 2.00 bits per heavy atom. The number of carbonyl (C=O) groups is 3. The Labute approximate surface area is 194 Å². The standard InChI is InChI=1S/C25H31N3O5/c1-25(2,3)33-24(31)28-16-14-27(15-17-28)22(29)21(20-12-8-5-9-13-20)26-23(30)32-18-19-10-6-4-7-11-19/h4-13,21H,14-18H2,1-3H3,(H,26,30). The fourth-order valence-electron chi connectivity index (χ4n) is 3.43. The molecule has 1 aliphatic heterocycles. The Kier molecular flexibility index (Phi) is 7.92. The van der Waals surface area contributed by atoms with Gasteiger partial charge in [0.05, 0.1) is 0 Å². The summed E-state index contributed by atoms with van der Waals surface area (Å²) in [6, 6.07) is 17.5. The van der Waals surface area contributed by atoms with Gasteiger partial charge in [-0.2, -0.15) is 0 Å². The molecule has 2 aromatic carbocycles. The number of nitrogens with zero attached hydrogens (tertiary/aromatic N) is 2. The van der Waals surface area contributed by atoms with E-state index in [9.17, 15) is 14.4 Å². The molecule has 2 aromatic rings. The number of benzene rings is 2. The van der Waals surface area contributed by atoms with Crippen molar-refractivity contribution in [3.63, 3.8) is 0 Å². The van der Waals surface area contributed by atoms with Crippen LogP contribution in [0.2, 0.25) is 0 Å². The van der Waals surface area contributed by atoms with Gasteiger partial charge in [-0.3, -0.25) is 4.79 Å². The van der Waals surface area contributed by atoms with Crippen LogP contribution in [-0.4, -0.2) is 59.7 Å². The molecule has 1 N–H and O–H groups in total. The highest BCUT2D eigenvalue weighted by molar-refractivity contribution is 5.87. The molecule has 8 nitrogen and oxygen atoms in total. The quantitative estimate of drug-likeness (QED) is 0.745. The van der Waals surface area contributed by atoms with E-state index in [0.717, 1.165) is 5.56 Å². The van der Waals surface area contributed by atoms with E-state index in [1.54, 1.807) is 21.9 Å². The van der Waals surface area contributed by atoms with Gasteiger partial charge in [-0.25, -0.2) is 9.59 Å². The molecule has 0 aromatic heterocycles. The van der Waals surface area contributed by atoms with E-state index >= 15 is 0 Å². The van der Waals surface area contributed by atoms with Crippen LogP contribution in [-0.2, 0) is 20.9 Å². The van der Waals surface area contributed by atoms with Gasteiger partial charge in [0.15, 0.2) is 0 Å². The Morgan fingerprint density at radius 1 is 0.879 bits per heavy atom. The molecular formula is C25H31N3O5. The van der Waals surface area contributed by atoms with Crippen molar-refractivity contribution in [1.29, 1.82) is 0 Å². The van der Waals surface area contributed by atoms with Crippen LogP contribution in [0.15, 0.2) is 60.7 Å². The predicted molar refractivity (Wildman–Crippen MR) is 123 cm³/mol. The molecule has 0 spiro atoms. The maximum atomic E-state index is 13.3. The van der Waals surface area contributed by atoms with Crippen LogP contribution in [0.25, 0.3) is 0 Å². The molecular weight excluding hydrogens is 422 g/mol. The van der Waals surface area contributed by atoms with E-state index in [1.165, 1.54) is 0 Å². The van der Waals surface area contributed by atoms with E-state index in [1.807, 2.05) is 69.3 Å². The molecule has 1 unspecified atom stereocenters. The summed E-state index contributed by atoms with van der Waals surface area (Å²) in [6.45, 7) is 6.98. The summed E-state index contributed by atoms with van der Waals surface area (Å²) >= 11 is 0. The highest BCUT2D eigenvalue weighted by Crippen LogP contribution is 2.19. The minimum atomic E-state index is -0.887. The molecule has 1 fully saturated rings. The van der Waals surface area contributed by atoms with Crippen LogP contribution in [0.1, 0.15) is 37.9 Å². The summed E-state index contributed by atoms with van der Waals surface area (Å²) in [5.41, 5.74) is 0.939. The van der Waals surface area contributed by atoms with Crippen molar-refractivity contribution in [1.82, 2.24) is 15.1 Å². The van der Waals surface area contributed by atoms with Gasteiger partial charge in [0.1, 0.15) is 18.2 Å². The average molecular weight is 454 g/mol. The summed E-state index contributed by atoms with van der Waals surface area (Å²) in [6.07, 6.45) is -1.06. The Balaban J connectivity index is 1.62. The number of piperazine rings is 1. The van der Waals surface area contributed by atoms with E-state index in [0.29, 0.717) is 31.7 Å². The molecule has 0 bridgehead atoms. The maximum Gasteiger partial charge on any atom is 0.410 e. The molecule has 1 heterocycles. The van der Waals surface area contributed by atoms with Crippen LogP contribution < -0.4 is 5.32 Å². The van der Waals surface area contributed by atoms with Gasteiger partial charge in [-0.05, 0) is 31.9 Å². The summed E-state index contributed by atoms with van der Waals surface area (Å²) in [7, 11) is 0. The number of nitrogens with one attached hydrogen (secondary N) is 1. The zero-order valence-electron chi connectivity index (χ0n) is 19.3. The number of alkyl carbamates (subject to hydrolysis) is 1. The van der Waals surface area contributed by atoms with E-state index in [2.05, 4.69) is 5.32 Å². The van der Waals surface area contributed by atoms with Crippen LogP contribution in [0.3, 0.4) is 0 Å². The zero-order chi connectivity index (χ0) is 23.8. The van der Waals surface area contributed by atoms with Crippen molar-refractivity contribution in [2.45, 2.75) is 39.0 Å². The topological polar surface area (TPSA) is 88.2 Å².